The van der Waals surface area contributed by atoms with Gasteiger partial charge in [0.15, 0.2) is 0 Å². The van der Waals surface area contributed by atoms with Crippen molar-refractivity contribution in [1.29, 1.82) is 0 Å². The van der Waals surface area contributed by atoms with E-state index in [2.05, 4.69) is 18.7 Å². The molecule has 1 aliphatic rings. The lowest BCUT2D eigenvalue weighted by atomic mass is 10.1. The number of carbonyl (C=O) groups excluding carboxylic acids is 1. The van der Waals surface area contributed by atoms with Crippen LogP contribution in [0.4, 0.5) is 4.79 Å². The van der Waals surface area contributed by atoms with Crippen LogP contribution in [0.5, 0.6) is 0 Å². The van der Waals surface area contributed by atoms with Crippen molar-refractivity contribution in [2.75, 3.05) is 46.8 Å². The van der Waals surface area contributed by atoms with E-state index in [1.54, 1.807) is 0 Å². The van der Waals surface area contributed by atoms with Gasteiger partial charge in [0.25, 0.3) is 0 Å². The number of nitrogens with zero attached hydrogens (tertiary/aromatic N) is 3. The van der Waals surface area contributed by atoms with Crippen molar-refractivity contribution >= 4 is 12.0 Å². The summed E-state index contributed by atoms with van der Waals surface area (Å²) in [6.45, 7) is 7.75. The molecule has 1 N–H and O–H groups in total. The summed E-state index contributed by atoms with van der Waals surface area (Å²) < 4.78 is 0. The lowest BCUT2D eigenvalue weighted by Crippen LogP contribution is -2.46. The highest BCUT2D eigenvalue weighted by Crippen LogP contribution is 2.21. The second-order valence-corrected chi connectivity index (χ2v) is 6.62. The fraction of sp³-hybridized carbons (Fsp3) is 0.867. The Morgan fingerprint density at radius 1 is 1.29 bits per heavy atom. The van der Waals surface area contributed by atoms with Crippen LogP contribution in [-0.2, 0) is 4.79 Å². The number of urea groups is 1. The van der Waals surface area contributed by atoms with Gasteiger partial charge in [-0.05, 0) is 32.4 Å². The Morgan fingerprint density at radius 3 is 2.48 bits per heavy atom. The van der Waals surface area contributed by atoms with Gasteiger partial charge in [-0.3, -0.25) is 4.79 Å². The van der Waals surface area contributed by atoms with Crippen LogP contribution in [0.25, 0.3) is 0 Å². The van der Waals surface area contributed by atoms with E-state index >= 15 is 0 Å². The number of amides is 2. The Kier molecular flexibility index (Phi) is 6.95. The molecule has 0 aromatic rings. The Morgan fingerprint density at radius 2 is 1.95 bits per heavy atom. The molecule has 122 valence electrons. The summed E-state index contributed by atoms with van der Waals surface area (Å²) in [6.07, 6.45) is 0.951. The predicted octanol–water partition coefficient (Wildman–Crippen LogP) is 1.42. The van der Waals surface area contributed by atoms with Gasteiger partial charge >= 0.3 is 12.0 Å². The number of carbonyl (C=O) groups is 2. The van der Waals surface area contributed by atoms with E-state index in [4.69, 9.17) is 5.11 Å². The molecule has 1 fully saturated rings. The molecule has 21 heavy (non-hydrogen) atoms. The van der Waals surface area contributed by atoms with Crippen molar-refractivity contribution in [3.63, 3.8) is 0 Å². The number of hydrogen-bond acceptors (Lipinski definition) is 3. The van der Waals surface area contributed by atoms with Crippen molar-refractivity contribution in [3.8, 4) is 0 Å². The molecule has 6 heteroatoms. The maximum absolute atomic E-state index is 12.6. The van der Waals surface area contributed by atoms with Gasteiger partial charge in [-0.2, -0.15) is 0 Å². The Bertz CT molecular complexity index is 358. The number of aliphatic carboxylic acids is 1. The molecule has 1 unspecified atom stereocenters. The molecule has 0 aromatic carbocycles. The summed E-state index contributed by atoms with van der Waals surface area (Å²) in [5.74, 6) is -0.254. The molecule has 6 nitrogen and oxygen atoms in total. The maximum Gasteiger partial charge on any atom is 0.320 e. The van der Waals surface area contributed by atoms with Crippen LogP contribution in [0.15, 0.2) is 0 Å². The maximum atomic E-state index is 12.6. The molecule has 1 heterocycles. The standard InChI is InChI=1S/C15H29N3O3/c1-12(2)10-18(8-7-16(3)4)15(21)17-6-5-13(11-17)9-14(19)20/h12-13H,5-11H2,1-4H3,(H,19,20). The van der Waals surface area contributed by atoms with Crippen molar-refractivity contribution in [1.82, 2.24) is 14.7 Å². The minimum atomic E-state index is -0.777. The minimum Gasteiger partial charge on any atom is -0.481 e. The molecule has 0 aliphatic carbocycles. The topological polar surface area (TPSA) is 64.1 Å². The second kappa shape index (κ2) is 8.22. The predicted molar refractivity (Wildman–Crippen MR) is 82.3 cm³/mol. The molecule has 2 amide bonds. The number of carboxylic acid groups (broad SMARTS) is 1. The Balaban J connectivity index is 2.57. The molecular formula is C15H29N3O3. The zero-order valence-electron chi connectivity index (χ0n) is 13.7. The first-order chi connectivity index (χ1) is 9.79. The lowest BCUT2D eigenvalue weighted by Gasteiger charge is -2.30. The Hall–Kier alpha value is -1.30. The smallest absolute Gasteiger partial charge is 0.320 e. The van der Waals surface area contributed by atoms with E-state index in [-0.39, 0.29) is 18.4 Å². The largest absolute Gasteiger partial charge is 0.481 e. The number of hydrogen-bond donors (Lipinski definition) is 1. The fourth-order valence-electron chi connectivity index (χ4n) is 2.65. The average Bonchev–Trinajstić information content (AvgIpc) is 2.80. The zero-order valence-corrected chi connectivity index (χ0v) is 13.7. The van der Waals surface area contributed by atoms with Crippen molar-refractivity contribution in [3.05, 3.63) is 0 Å². The van der Waals surface area contributed by atoms with Gasteiger partial charge in [0.2, 0.25) is 0 Å². The Labute approximate surface area is 127 Å². The van der Waals surface area contributed by atoms with Gasteiger partial charge in [0, 0.05) is 39.1 Å². The van der Waals surface area contributed by atoms with Crippen LogP contribution in [0.1, 0.15) is 26.7 Å². The molecule has 0 bridgehead atoms. The van der Waals surface area contributed by atoms with Gasteiger partial charge in [-0.25, -0.2) is 4.79 Å². The van der Waals surface area contributed by atoms with Gasteiger partial charge in [0.1, 0.15) is 0 Å². The van der Waals surface area contributed by atoms with Gasteiger partial charge in [-0.15, -0.1) is 0 Å². The molecule has 1 saturated heterocycles. The van der Waals surface area contributed by atoms with E-state index in [1.165, 1.54) is 0 Å². The van der Waals surface area contributed by atoms with Crippen LogP contribution in [-0.4, -0.2) is 78.6 Å². The number of likely N-dealkylation sites (N-methyl/N-ethyl adjacent to an activating group) is 1. The fourth-order valence-corrected chi connectivity index (χ4v) is 2.65. The van der Waals surface area contributed by atoms with Crippen LogP contribution >= 0.6 is 0 Å². The molecular weight excluding hydrogens is 270 g/mol. The van der Waals surface area contributed by atoms with Crippen molar-refractivity contribution in [2.45, 2.75) is 26.7 Å². The summed E-state index contributed by atoms with van der Waals surface area (Å²) >= 11 is 0. The molecule has 0 saturated carbocycles. The summed E-state index contributed by atoms with van der Waals surface area (Å²) in [5, 5.41) is 8.85. The summed E-state index contributed by atoms with van der Waals surface area (Å²) in [4.78, 5) is 29.2. The van der Waals surface area contributed by atoms with E-state index in [9.17, 15) is 9.59 Å². The number of rotatable bonds is 7. The molecule has 0 aromatic heterocycles. The van der Waals surface area contributed by atoms with Crippen LogP contribution < -0.4 is 0 Å². The van der Waals surface area contributed by atoms with Crippen molar-refractivity contribution < 1.29 is 14.7 Å². The first kappa shape index (κ1) is 17.8. The van der Waals surface area contributed by atoms with Crippen LogP contribution in [0.3, 0.4) is 0 Å². The first-order valence-corrected chi connectivity index (χ1v) is 7.70. The molecule has 1 aliphatic heterocycles. The van der Waals surface area contributed by atoms with E-state index in [0.717, 1.165) is 19.5 Å². The summed E-state index contributed by atoms with van der Waals surface area (Å²) in [6, 6.07) is 0.0541. The molecule has 0 radical (unpaired) electrons. The minimum absolute atomic E-state index is 0.0541. The van der Waals surface area contributed by atoms with Crippen LogP contribution in [0, 0.1) is 11.8 Å². The third kappa shape index (κ3) is 6.33. The SMILES string of the molecule is CC(C)CN(CCN(C)C)C(=O)N1CCC(CC(=O)O)C1. The second-order valence-electron chi connectivity index (χ2n) is 6.62. The van der Waals surface area contributed by atoms with Crippen molar-refractivity contribution in [2.24, 2.45) is 11.8 Å². The van der Waals surface area contributed by atoms with E-state index < -0.39 is 5.97 Å². The van der Waals surface area contributed by atoms with Crippen LogP contribution in [0.2, 0.25) is 0 Å². The first-order valence-electron chi connectivity index (χ1n) is 7.70. The third-order valence-corrected chi connectivity index (χ3v) is 3.69. The highest BCUT2D eigenvalue weighted by atomic mass is 16.4. The number of likely N-dealkylation sites (tertiary alicyclic amines) is 1. The zero-order chi connectivity index (χ0) is 16.0. The summed E-state index contributed by atoms with van der Waals surface area (Å²) in [7, 11) is 3.99. The summed E-state index contributed by atoms with van der Waals surface area (Å²) in [5.41, 5.74) is 0. The number of carboxylic acids is 1. The monoisotopic (exact) mass is 299 g/mol. The molecule has 1 atom stereocenters. The van der Waals surface area contributed by atoms with E-state index in [0.29, 0.717) is 25.6 Å². The normalized spacial score (nSPS) is 18.6. The molecule has 0 spiro atoms. The average molecular weight is 299 g/mol. The van der Waals surface area contributed by atoms with E-state index in [1.807, 2.05) is 23.9 Å². The third-order valence-electron chi connectivity index (χ3n) is 3.69. The lowest BCUT2D eigenvalue weighted by molar-refractivity contribution is -0.138. The highest BCUT2D eigenvalue weighted by molar-refractivity contribution is 5.75. The highest BCUT2D eigenvalue weighted by Gasteiger charge is 2.30. The van der Waals surface area contributed by atoms with Gasteiger partial charge < -0.3 is 19.8 Å². The van der Waals surface area contributed by atoms with Gasteiger partial charge in [-0.1, -0.05) is 13.8 Å². The quantitative estimate of drug-likeness (QED) is 0.772. The molecule has 1 rings (SSSR count). The van der Waals surface area contributed by atoms with Gasteiger partial charge in [0.05, 0.1) is 0 Å².